The van der Waals surface area contributed by atoms with Gasteiger partial charge in [-0.2, -0.15) is 0 Å². The highest BCUT2D eigenvalue weighted by molar-refractivity contribution is 9.10. The second-order valence-corrected chi connectivity index (χ2v) is 7.69. The van der Waals surface area contributed by atoms with Gasteiger partial charge in [-0.15, -0.1) is 0 Å². The van der Waals surface area contributed by atoms with Crippen LogP contribution in [-0.4, -0.2) is 24.6 Å². The Hall–Kier alpha value is -1.56. The van der Waals surface area contributed by atoms with Gasteiger partial charge in [0.25, 0.3) is 0 Å². The SMILES string of the molecule is Clc1cccc(CN=C2Nc3c(Br)cccc3NC23CCOCC3)c1. The number of rotatable bonds is 2. The molecule has 2 N–H and O–H groups in total. The molecule has 0 aliphatic carbocycles. The van der Waals surface area contributed by atoms with Crippen LogP contribution in [0.3, 0.4) is 0 Å². The summed E-state index contributed by atoms with van der Waals surface area (Å²) in [6.45, 7) is 2.05. The number of hydrogen-bond acceptors (Lipinski definition) is 3. The van der Waals surface area contributed by atoms with E-state index in [1.54, 1.807) is 0 Å². The molecule has 2 heterocycles. The molecule has 0 aromatic heterocycles. The molecule has 0 bridgehead atoms. The van der Waals surface area contributed by atoms with E-state index in [-0.39, 0.29) is 5.54 Å². The van der Waals surface area contributed by atoms with Gasteiger partial charge in [0.15, 0.2) is 0 Å². The van der Waals surface area contributed by atoms with E-state index in [9.17, 15) is 0 Å². The summed E-state index contributed by atoms with van der Waals surface area (Å²) in [6.07, 6.45) is 1.78. The molecule has 1 saturated heterocycles. The average Bonchev–Trinajstić information content (AvgIpc) is 2.61. The van der Waals surface area contributed by atoms with Gasteiger partial charge in [0.2, 0.25) is 0 Å². The van der Waals surface area contributed by atoms with Crippen molar-refractivity contribution < 1.29 is 4.74 Å². The standard InChI is InChI=1S/C19H19BrClN3O/c20-15-5-2-6-16-17(15)23-18(19(24-16)7-9-25-10-8-19)22-12-13-3-1-4-14(21)11-13/h1-6,11,24H,7-10,12H2,(H,22,23). The molecule has 2 aromatic carbocycles. The molecule has 2 aromatic rings. The fraction of sp³-hybridized carbons (Fsp3) is 0.316. The van der Waals surface area contributed by atoms with Crippen LogP contribution < -0.4 is 10.6 Å². The van der Waals surface area contributed by atoms with Gasteiger partial charge in [-0.25, -0.2) is 0 Å². The molecule has 130 valence electrons. The van der Waals surface area contributed by atoms with E-state index in [2.05, 4.69) is 32.6 Å². The maximum atomic E-state index is 6.10. The maximum Gasteiger partial charge on any atom is 0.127 e. The van der Waals surface area contributed by atoms with Crippen LogP contribution >= 0.6 is 27.5 Å². The van der Waals surface area contributed by atoms with E-state index in [0.717, 1.165) is 58.3 Å². The number of para-hydroxylation sites is 1. The van der Waals surface area contributed by atoms with Crippen molar-refractivity contribution in [2.24, 2.45) is 4.99 Å². The fourth-order valence-electron chi connectivity index (χ4n) is 3.39. The lowest BCUT2D eigenvalue weighted by Crippen LogP contribution is -2.55. The van der Waals surface area contributed by atoms with Gasteiger partial charge in [0.05, 0.1) is 23.5 Å². The lowest BCUT2D eigenvalue weighted by atomic mass is 9.86. The molecule has 0 atom stereocenters. The maximum absolute atomic E-state index is 6.10. The van der Waals surface area contributed by atoms with Crippen LogP contribution in [0, 0.1) is 0 Å². The third-order valence-corrected chi connectivity index (χ3v) is 5.64. The largest absolute Gasteiger partial charge is 0.381 e. The van der Waals surface area contributed by atoms with Crippen LogP contribution in [-0.2, 0) is 11.3 Å². The van der Waals surface area contributed by atoms with E-state index in [1.165, 1.54) is 0 Å². The van der Waals surface area contributed by atoms with Gasteiger partial charge in [-0.1, -0.05) is 29.8 Å². The predicted molar refractivity (Wildman–Crippen MR) is 107 cm³/mol. The van der Waals surface area contributed by atoms with Crippen molar-refractivity contribution in [3.63, 3.8) is 0 Å². The molecule has 0 unspecified atom stereocenters. The molecule has 1 spiro atoms. The smallest absolute Gasteiger partial charge is 0.127 e. The number of hydrogen-bond donors (Lipinski definition) is 2. The zero-order chi connectivity index (χ0) is 17.3. The topological polar surface area (TPSA) is 45.7 Å². The number of aliphatic imine (C=N–C) groups is 1. The van der Waals surface area contributed by atoms with Crippen molar-refractivity contribution in [3.05, 3.63) is 57.5 Å². The monoisotopic (exact) mass is 419 g/mol. The van der Waals surface area contributed by atoms with Crippen LogP contribution in [0.1, 0.15) is 18.4 Å². The van der Waals surface area contributed by atoms with Crippen molar-refractivity contribution >= 4 is 44.7 Å². The minimum absolute atomic E-state index is 0.204. The van der Waals surface area contributed by atoms with Crippen molar-refractivity contribution in [1.29, 1.82) is 0 Å². The number of nitrogens with zero attached hydrogens (tertiary/aromatic N) is 1. The molecule has 1 fully saturated rings. The second kappa shape index (κ2) is 6.98. The number of fused-ring (bicyclic) bond motifs is 1. The van der Waals surface area contributed by atoms with Gasteiger partial charge in [-0.3, -0.25) is 4.99 Å². The lowest BCUT2D eigenvalue weighted by Gasteiger charge is -2.44. The second-order valence-electron chi connectivity index (χ2n) is 6.40. The minimum Gasteiger partial charge on any atom is -0.381 e. The Morgan fingerprint density at radius 2 is 1.96 bits per heavy atom. The quantitative estimate of drug-likeness (QED) is 0.711. The van der Waals surface area contributed by atoms with Gasteiger partial charge in [0.1, 0.15) is 5.84 Å². The van der Waals surface area contributed by atoms with Crippen LogP contribution in [0.15, 0.2) is 51.9 Å². The van der Waals surface area contributed by atoms with Crippen LogP contribution in [0.25, 0.3) is 0 Å². The summed E-state index contributed by atoms with van der Waals surface area (Å²) in [6, 6.07) is 14.0. The predicted octanol–water partition coefficient (Wildman–Crippen LogP) is 5.09. The first-order valence-corrected chi connectivity index (χ1v) is 9.54. The molecule has 25 heavy (non-hydrogen) atoms. The van der Waals surface area contributed by atoms with Gasteiger partial charge in [-0.05, 0) is 45.8 Å². The van der Waals surface area contributed by atoms with Gasteiger partial charge in [0, 0.05) is 35.6 Å². The minimum atomic E-state index is -0.204. The van der Waals surface area contributed by atoms with Crippen molar-refractivity contribution in [3.8, 4) is 0 Å². The molecule has 6 heteroatoms. The zero-order valence-corrected chi connectivity index (χ0v) is 16.0. The van der Waals surface area contributed by atoms with Crippen molar-refractivity contribution in [1.82, 2.24) is 0 Å². The summed E-state index contributed by atoms with van der Waals surface area (Å²) in [5, 5.41) is 8.02. The molecule has 0 saturated carbocycles. The Morgan fingerprint density at radius 1 is 1.16 bits per heavy atom. The van der Waals surface area contributed by atoms with Crippen LogP contribution in [0.5, 0.6) is 0 Å². The van der Waals surface area contributed by atoms with E-state index >= 15 is 0 Å². The highest BCUT2D eigenvalue weighted by Crippen LogP contribution is 2.40. The lowest BCUT2D eigenvalue weighted by molar-refractivity contribution is 0.0778. The summed E-state index contributed by atoms with van der Waals surface area (Å²) in [5.74, 6) is 0.968. The fourth-order valence-corrected chi connectivity index (χ4v) is 4.07. The molecule has 2 aliphatic rings. The zero-order valence-electron chi connectivity index (χ0n) is 13.7. The summed E-state index contributed by atoms with van der Waals surface area (Å²) in [4.78, 5) is 4.92. The van der Waals surface area contributed by atoms with Crippen molar-refractivity contribution in [2.45, 2.75) is 24.9 Å². The van der Waals surface area contributed by atoms with Crippen molar-refractivity contribution in [2.75, 3.05) is 23.8 Å². The van der Waals surface area contributed by atoms with Gasteiger partial charge >= 0.3 is 0 Å². The Bertz CT molecular complexity index is 818. The molecule has 0 amide bonds. The van der Waals surface area contributed by atoms with Crippen LogP contribution in [0.2, 0.25) is 5.02 Å². The first kappa shape index (κ1) is 16.9. The van der Waals surface area contributed by atoms with E-state index in [0.29, 0.717) is 6.54 Å². The normalized spacial score (nSPS) is 20.0. The molecular weight excluding hydrogens is 402 g/mol. The number of halogens is 2. The Balaban J connectivity index is 1.69. The molecular formula is C19H19BrClN3O. The molecule has 4 nitrogen and oxygen atoms in total. The number of benzene rings is 2. The summed E-state index contributed by atoms with van der Waals surface area (Å²) >= 11 is 9.72. The Labute approximate surface area is 160 Å². The number of nitrogens with one attached hydrogen (secondary N) is 2. The summed E-state index contributed by atoms with van der Waals surface area (Å²) in [5.41, 5.74) is 3.02. The summed E-state index contributed by atoms with van der Waals surface area (Å²) < 4.78 is 6.61. The third-order valence-electron chi connectivity index (χ3n) is 4.74. The Kier molecular flexibility index (Phi) is 4.71. The third kappa shape index (κ3) is 3.41. The van der Waals surface area contributed by atoms with E-state index < -0.39 is 0 Å². The van der Waals surface area contributed by atoms with Gasteiger partial charge < -0.3 is 15.4 Å². The van der Waals surface area contributed by atoms with Crippen LogP contribution in [0.4, 0.5) is 11.4 Å². The first-order chi connectivity index (χ1) is 12.2. The average molecular weight is 421 g/mol. The number of amidine groups is 1. The van der Waals surface area contributed by atoms with E-state index in [1.807, 2.05) is 36.4 Å². The Morgan fingerprint density at radius 3 is 2.76 bits per heavy atom. The number of ether oxygens (including phenoxy) is 1. The molecule has 0 radical (unpaired) electrons. The number of anilines is 2. The highest BCUT2D eigenvalue weighted by Gasteiger charge is 2.41. The highest BCUT2D eigenvalue weighted by atomic mass is 79.9. The van der Waals surface area contributed by atoms with E-state index in [4.69, 9.17) is 21.3 Å². The summed E-state index contributed by atoms with van der Waals surface area (Å²) in [7, 11) is 0. The molecule has 2 aliphatic heterocycles. The first-order valence-electron chi connectivity index (χ1n) is 8.37. The molecule has 4 rings (SSSR count).